The van der Waals surface area contributed by atoms with Crippen LogP contribution in [0.2, 0.25) is 0 Å². The summed E-state index contributed by atoms with van der Waals surface area (Å²) in [6.45, 7) is 5.09. The first-order chi connectivity index (χ1) is 20.7. The van der Waals surface area contributed by atoms with Gasteiger partial charge in [-0.15, -0.1) is 10.2 Å². The number of ether oxygens (including phenoxy) is 2. The summed E-state index contributed by atoms with van der Waals surface area (Å²) in [7, 11) is 0. The summed E-state index contributed by atoms with van der Waals surface area (Å²) in [5.74, 6) is 2.61. The molecule has 4 heterocycles. The predicted molar refractivity (Wildman–Crippen MR) is 163 cm³/mol. The number of nitrogens with zero attached hydrogens (tertiary/aromatic N) is 6. The minimum absolute atomic E-state index is 0.218. The fraction of sp³-hybridized carbons (Fsp3) is 0.312. The molecule has 1 fully saturated rings. The van der Waals surface area contributed by atoms with Crippen LogP contribution >= 0.6 is 11.8 Å². The van der Waals surface area contributed by atoms with Crippen molar-refractivity contribution in [1.82, 2.24) is 29.5 Å². The molecule has 9 nitrogen and oxygen atoms in total. The maximum absolute atomic E-state index is 12.9. The minimum atomic E-state index is 0.218. The van der Waals surface area contributed by atoms with Crippen molar-refractivity contribution in [3.8, 4) is 11.5 Å². The first kappa shape index (κ1) is 26.7. The Morgan fingerprint density at radius 1 is 0.833 bits per heavy atom. The number of amides is 1. The van der Waals surface area contributed by atoms with Gasteiger partial charge in [-0.05, 0) is 35.7 Å². The van der Waals surface area contributed by atoms with Crippen LogP contribution in [-0.4, -0.2) is 74.2 Å². The van der Waals surface area contributed by atoms with Crippen LogP contribution in [0.5, 0.6) is 11.5 Å². The van der Waals surface area contributed by atoms with Gasteiger partial charge in [-0.25, -0.2) is 4.98 Å². The topological polar surface area (TPSA) is 85.6 Å². The molecule has 5 aromatic rings. The Morgan fingerprint density at radius 2 is 1.64 bits per heavy atom. The lowest BCUT2D eigenvalue weighted by molar-refractivity contribution is -0.133. The van der Waals surface area contributed by atoms with Gasteiger partial charge in [-0.3, -0.25) is 9.69 Å². The third-order valence-electron chi connectivity index (χ3n) is 7.87. The van der Waals surface area contributed by atoms with Crippen LogP contribution in [0.3, 0.4) is 0 Å². The molecule has 0 spiro atoms. The highest BCUT2D eigenvalue weighted by molar-refractivity contribution is 7.99. The monoisotopic (exact) mass is 580 g/mol. The number of benzene rings is 3. The number of carbonyl (C=O) groups is 1. The molecule has 0 saturated carbocycles. The van der Waals surface area contributed by atoms with Gasteiger partial charge in [-0.2, -0.15) is 0 Å². The van der Waals surface area contributed by atoms with E-state index >= 15 is 0 Å². The number of rotatable bonds is 9. The third kappa shape index (κ3) is 5.64. The Hall–Kier alpha value is -4.15. The molecule has 7 rings (SSSR count). The smallest absolute Gasteiger partial charge is 0.231 e. The number of piperazine rings is 1. The van der Waals surface area contributed by atoms with Gasteiger partial charge in [0.05, 0.1) is 5.52 Å². The normalized spacial score (nSPS) is 15.1. The van der Waals surface area contributed by atoms with E-state index < -0.39 is 0 Å². The second kappa shape index (κ2) is 12.0. The Morgan fingerprint density at radius 3 is 2.52 bits per heavy atom. The summed E-state index contributed by atoms with van der Waals surface area (Å²) in [5.41, 5.74) is 5.17. The quantitative estimate of drug-likeness (QED) is 0.178. The molecule has 3 aromatic carbocycles. The molecule has 0 atom stereocenters. The van der Waals surface area contributed by atoms with E-state index in [9.17, 15) is 4.79 Å². The molecular weight excluding hydrogens is 548 g/mol. The molecule has 0 bridgehead atoms. The average Bonchev–Trinajstić information content (AvgIpc) is 3.62. The van der Waals surface area contributed by atoms with Crippen LogP contribution < -0.4 is 9.47 Å². The van der Waals surface area contributed by atoms with Crippen molar-refractivity contribution in [3.05, 3.63) is 83.9 Å². The van der Waals surface area contributed by atoms with Crippen molar-refractivity contribution in [2.75, 3.05) is 38.7 Å². The SMILES string of the molecule is O=C(CCCSc1nnc2c3ccccc3n(Cc3ccccc3)c2n1)N1CCN(Cc2ccc3c(c2)OCO3)CC1. The first-order valence-corrected chi connectivity index (χ1v) is 15.4. The fourth-order valence-corrected chi connectivity index (χ4v) is 6.40. The largest absolute Gasteiger partial charge is 0.454 e. The molecule has 10 heteroatoms. The third-order valence-corrected chi connectivity index (χ3v) is 8.80. The van der Waals surface area contributed by atoms with Gasteiger partial charge in [-0.1, -0.05) is 66.4 Å². The Labute approximate surface area is 248 Å². The lowest BCUT2D eigenvalue weighted by Crippen LogP contribution is -2.48. The molecule has 2 aliphatic heterocycles. The van der Waals surface area contributed by atoms with Crippen molar-refractivity contribution in [2.45, 2.75) is 31.1 Å². The molecular formula is C32H32N6O3S. The zero-order valence-electron chi connectivity index (χ0n) is 23.3. The number of thioether (sulfide) groups is 1. The average molecular weight is 581 g/mol. The van der Waals surface area contributed by atoms with Crippen LogP contribution in [0.25, 0.3) is 22.1 Å². The molecule has 214 valence electrons. The molecule has 0 aliphatic carbocycles. The fourth-order valence-electron chi connectivity index (χ4n) is 5.67. The molecule has 0 radical (unpaired) electrons. The van der Waals surface area contributed by atoms with Crippen molar-refractivity contribution < 1.29 is 14.3 Å². The van der Waals surface area contributed by atoms with Gasteiger partial charge >= 0.3 is 0 Å². The summed E-state index contributed by atoms with van der Waals surface area (Å²) in [6.07, 6.45) is 1.30. The highest BCUT2D eigenvalue weighted by Crippen LogP contribution is 2.33. The lowest BCUT2D eigenvalue weighted by Gasteiger charge is -2.34. The number of fused-ring (bicyclic) bond motifs is 4. The maximum Gasteiger partial charge on any atom is 0.231 e. The molecule has 2 aliphatic rings. The zero-order valence-corrected chi connectivity index (χ0v) is 24.1. The van der Waals surface area contributed by atoms with E-state index in [1.165, 1.54) is 11.1 Å². The molecule has 0 N–H and O–H groups in total. The van der Waals surface area contributed by atoms with Gasteiger partial charge in [0, 0.05) is 56.8 Å². The van der Waals surface area contributed by atoms with Crippen LogP contribution in [0.15, 0.2) is 78.0 Å². The second-order valence-electron chi connectivity index (χ2n) is 10.7. The number of aromatic nitrogens is 4. The van der Waals surface area contributed by atoms with Crippen molar-refractivity contribution in [2.24, 2.45) is 0 Å². The number of hydrogen-bond donors (Lipinski definition) is 0. The van der Waals surface area contributed by atoms with Gasteiger partial charge in [0.15, 0.2) is 17.1 Å². The predicted octanol–water partition coefficient (Wildman–Crippen LogP) is 4.97. The molecule has 2 aromatic heterocycles. The Kier molecular flexibility index (Phi) is 7.63. The summed E-state index contributed by atoms with van der Waals surface area (Å²) in [5, 5.41) is 10.7. The Bertz CT molecular complexity index is 1720. The lowest BCUT2D eigenvalue weighted by atomic mass is 10.1. The van der Waals surface area contributed by atoms with Crippen LogP contribution in [0.4, 0.5) is 0 Å². The molecule has 1 saturated heterocycles. The van der Waals surface area contributed by atoms with E-state index in [0.29, 0.717) is 18.1 Å². The van der Waals surface area contributed by atoms with E-state index in [-0.39, 0.29) is 12.7 Å². The van der Waals surface area contributed by atoms with E-state index in [0.717, 1.165) is 78.5 Å². The van der Waals surface area contributed by atoms with Crippen molar-refractivity contribution >= 4 is 39.7 Å². The maximum atomic E-state index is 12.9. The van der Waals surface area contributed by atoms with Gasteiger partial charge in [0.1, 0.15) is 5.52 Å². The highest BCUT2D eigenvalue weighted by Gasteiger charge is 2.22. The summed E-state index contributed by atoms with van der Waals surface area (Å²) in [6, 6.07) is 24.8. The van der Waals surface area contributed by atoms with Gasteiger partial charge in [0.25, 0.3) is 0 Å². The van der Waals surface area contributed by atoms with Crippen LogP contribution in [0, 0.1) is 0 Å². The zero-order chi connectivity index (χ0) is 28.3. The van der Waals surface area contributed by atoms with E-state index in [2.05, 4.69) is 68.2 Å². The van der Waals surface area contributed by atoms with E-state index in [1.807, 2.05) is 29.2 Å². The number of carbonyl (C=O) groups excluding carboxylic acids is 1. The van der Waals surface area contributed by atoms with E-state index in [1.54, 1.807) is 11.8 Å². The Balaban J connectivity index is 0.921. The van der Waals surface area contributed by atoms with Crippen LogP contribution in [0.1, 0.15) is 24.0 Å². The number of para-hydroxylation sites is 1. The van der Waals surface area contributed by atoms with Gasteiger partial charge < -0.3 is 18.9 Å². The minimum Gasteiger partial charge on any atom is -0.454 e. The highest BCUT2D eigenvalue weighted by atomic mass is 32.2. The molecule has 42 heavy (non-hydrogen) atoms. The second-order valence-corrected chi connectivity index (χ2v) is 11.7. The number of hydrogen-bond acceptors (Lipinski definition) is 8. The molecule has 1 amide bonds. The van der Waals surface area contributed by atoms with Crippen LogP contribution in [-0.2, 0) is 17.9 Å². The standard InChI is InChI=1S/C32H32N6O3S/c39-29(37-16-14-36(15-17-37)20-24-12-13-27-28(19-24)41-22-40-27)11-6-18-42-32-33-31-30(34-35-32)25-9-4-5-10-26(25)38(31)21-23-7-2-1-3-8-23/h1-5,7-10,12-13,19H,6,11,14-18,20-22H2. The summed E-state index contributed by atoms with van der Waals surface area (Å²) >= 11 is 1.56. The van der Waals surface area contributed by atoms with E-state index in [4.69, 9.17) is 14.5 Å². The summed E-state index contributed by atoms with van der Waals surface area (Å²) < 4.78 is 13.1. The molecule has 0 unspecified atom stereocenters. The first-order valence-electron chi connectivity index (χ1n) is 14.4. The van der Waals surface area contributed by atoms with Crippen molar-refractivity contribution in [3.63, 3.8) is 0 Å². The van der Waals surface area contributed by atoms with Gasteiger partial charge in [0.2, 0.25) is 17.9 Å². The van der Waals surface area contributed by atoms with Crippen molar-refractivity contribution in [1.29, 1.82) is 0 Å². The summed E-state index contributed by atoms with van der Waals surface area (Å²) in [4.78, 5) is 22.2.